The van der Waals surface area contributed by atoms with Crippen LogP contribution in [0.25, 0.3) is 0 Å². The minimum atomic E-state index is -3.81. The third kappa shape index (κ3) is 7.93. The molecule has 0 spiro atoms. The smallest absolute Gasteiger partial charge is 0.306 e. The van der Waals surface area contributed by atoms with Crippen molar-refractivity contribution in [3.8, 4) is 0 Å². The number of carbonyl (C=O) groups is 1. The number of carboxylic acid groups (broad SMARTS) is 1. The van der Waals surface area contributed by atoms with Crippen LogP contribution in [-0.2, 0) is 24.8 Å². The van der Waals surface area contributed by atoms with E-state index in [4.69, 9.17) is 11.6 Å². The first kappa shape index (κ1) is 33.1. The van der Waals surface area contributed by atoms with E-state index >= 15 is 0 Å². The zero-order chi connectivity index (χ0) is 31.5. The van der Waals surface area contributed by atoms with Crippen molar-refractivity contribution in [2.24, 2.45) is 17.8 Å². The topological polar surface area (TPSA) is 124 Å². The first-order valence-corrected chi connectivity index (χ1v) is 18.8. The van der Waals surface area contributed by atoms with E-state index in [1.54, 1.807) is 12.1 Å². The molecule has 0 aromatic heterocycles. The van der Waals surface area contributed by atoms with Crippen LogP contribution in [0.15, 0.2) is 52.3 Å². The molecule has 2 atom stereocenters. The molecule has 0 radical (unpaired) electrons. The van der Waals surface area contributed by atoms with Crippen LogP contribution in [0.4, 0.5) is 10.1 Å². The molecular weight excluding hydrogens is 629 g/mol. The second kappa shape index (κ2) is 14.0. The van der Waals surface area contributed by atoms with Gasteiger partial charge in [-0.3, -0.25) is 4.79 Å². The van der Waals surface area contributed by atoms with Gasteiger partial charge in [0.15, 0.2) is 0 Å². The zero-order valence-corrected chi connectivity index (χ0v) is 27.1. The summed E-state index contributed by atoms with van der Waals surface area (Å²) in [5.74, 6) is -0.749. The Morgan fingerprint density at radius 3 is 2.02 bits per heavy atom. The molecule has 2 unspecified atom stereocenters. The van der Waals surface area contributed by atoms with E-state index in [1.807, 2.05) is 0 Å². The molecule has 44 heavy (non-hydrogen) atoms. The van der Waals surface area contributed by atoms with E-state index < -0.39 is 43.8 Å². The van der Waals surface area contributed by atoms with Crippen molar-refractivity contribution in [2.75, 3.05) is 31.1 Å². The van der Waals surface area contributed by atoms with E-state index in [0.29, 0.717) is 42.8 Å². The number of nitrogens with zero attached hydrogens (tertiary/aromatic N) is 2. The Hall–Kier alpha value is -2.25. The molecule has 3 aliphatic rings. The average molecular weight is 670 g/mol. The third-order valence-electron chi connectivity index (χ3n) is 9.54. The maximum atomic E-state index is 13.2. The Kier molecular flexibility index (Phi) is 10.6. The van der Waals surface area contributed by atoms with Crippen LogP contribution in [0.5, 0.6) is 0 Å². The number of nitrogens with one attached hydrogen (secondary N) is 1. The minimum absolute atomic E-state index is 0.0822. The Labute approximate surface area is 264 Å². The number of rotatable bonds is 11. The number of piperidine rings is 2. The summed E-state index contributed by atoms with van der Waals surface area (Å²) in [6.45, 7) is 2.66. The van der Waals surface area contributed by atoms with E-state index in [9.17, 15) is 31.1 Å². The highest BCUT2D eigenvalue weighted by Gasteiger charge is 2.33. The van der Waals surface area contributed by atoms with Crippen molar-refractivity contribution >= 4 is 43.3 Å². The zero-order valence-electron chi connectivity index (χ0n) is 24.7. The Balaban J connectivity index is 1.03. The largest absolute Gasteiger partial charge is 0.481 e. The molecular formula is C31H41ClFN3O6S2. The van der Waals surface area contributed by atoms with Crippen molar-refractivity contribution in [1.29, 1.82) is 0 Å². The number of aliphatic carboxylic acids is 1. The van der Waals surface area contributed by atoms with Crippen molar-refractivity contribution in [1.82, 2.24) is 9.03 Å². The molecule has 2 N–H and O–H groups in total. The summed E-state index contributed by atoms with van der Waals surface area (Å²) in [5.41, 5.74) is 0.818. The lowest BCUT2D eigenvalue weighted by molar-refractivity contribution is -0.141. The maximum Gasteiger partial charge on any atom is 0.306 e. The summed E-state index contributed by atoms with van der Waals surface area (Å²) in [6, 6.07) is 9.42. The average Bonchev–Trinajstić information content (AvgIpc) is 3.46. The fourth-order valence-corrected chi connectivity index (χ4v) is 10.0. The summed E-state index contributed by atoms with van der Waals surface area (Å²) in [5, 5.41) is 9.57. The van der Waals surface area contributed by atoms with Crippen molar-refractivity contribution in [3.05, 3.63) is 53.3 Å². The van der Waals surface area contributed by atoms with Crippen LogP contribution in [-0.4, -0.2) is 64.4 Å². The Morgan fingerprint density at radius 2 is 1.45 bits per heavy atom. The monoisotopic (exact) mass is 669 g/mol. The van der Waals surface area contributed by atoms with E-state index in [1.165, 1.54) is 34.6 Å². The normalized spacial score (nSPS) is 22.8. The van der Waals surface area contributed by atoms with Gasteiger partial charge in [0.2, 0.25) is 20.0 Å². The van der Waals surface area contributed by atoms with Crippen LogP contribution < -0.4 is 9.62 Å². The highest BCUT2D eigenvalue weighted by molar-refractivity contribution is 7.89. The van der Waals surface area contributed by atoms with E-state index in [-0.39, 0.29) is 16.2 Å². The highest BCUT2D eigenvalue weighted by atomic mass is 35.5. The summed E-state index contributed by atoms with van der Waals surface area (Å²) in [4.78, 5) is 13.6. The first-order chi connectivity index (χ1) is 20.9. The van der Waals surface area contributed by atoms with Crippen LogP contribution >= 0.6 is 11.6 Å². The number of carboxylic acids is 1. The molecule has 2 saturated heterocycles. The van der Waals surface area contributed by atoms with Gasteiger partial charge in [0.25, 0.3) is 0 Å². The fraction of sp³-hybridized carbons (Fsp3) is 0.581. The maximum absolute atomic E-state index is 13.2. The molecule has 3 fully saturated rings. The summed E-state index contributed by atoms with van der Waals surface area (Å²) >= 11 is 6.57. The van der Waals surface area contributed by atoms with Gasteiger partial charge in [-0.05, 0) is 99.2 Å². The summed E-state index contributed by atoms with van der Waals surface area (Å²) < 4.78 is 69.0. The molecule has 2 aliphatic heterocycles. The van der Waals surface area contributed by atoms with Gasteiger partial charge in [0, 0.05) is 32.2 Å². The lowest BCUT2D eigenvalue weighted by atomic mass is 9.87. The van der Waals surface area contributed by atoms with Crippen molar-refractivity contribution in [2.45, 2.75) is 80.0 Å². The summed E-state index contributed by atoms with van der Waals surface area (Å²) in [7, 11) is -7.40. The predicted octanol–water partition coefficient (Wildman–Crippen LogP) is 5.50. The Bertz CT molecular complexity index is 1520. The number of hydrogen-bond acceptors (Lipinski definition) is 6. The molecule has 2 aromatic rings. The minimum Gasteiger partial charge on any atom is -0.481 e. The lowest BCUT2D eigenvalue weighted by Gasteiger charge is -2.35. The van der Waals surface area contributed by atoms with Gasteiger partial charge in [-0.25, -0.2) is 25.9 Å². The van der Waals surface area contributed by atoms with Gasteiger partial charge in [-0.1, -0.05) is 30.9 Å². The van der Waals surface area contributed by atoms with Crippen LogP contribution in [0.2, 0.25) is 5.02 Å². The standard InChI is InChI=1S/C31H41ClFN3O6S2/c32-29-21-28(43(39,40)34-26-7-4-24(20-26)31(37)38)10-11-30(29)35-16-12-22(13-17-35)2-1-3-23-14-18-36(19-15-23)44(41,42)27-8-5-25(33)6-9-27/h5-6,8-11,21-24,26,34H,1-4,7,12-20H2,(H,37,38). The van der Waals surface area contributed by atoms with Crippen LogP contribution in [0.1, 0.15) is 64.2 Å². The molecule has 1 aliphatic carbocycles. The highest BCUT2D eigenvalue weighted by Crippen LogP contribution is 2.35. The SMILES string of the molecule is O=C(O)C1CCC(NS(=O)(=O)c2ccc(N3CCC(CCCC4CCN(S(=O)(=O)c5ccc(F)cc5)CC4)CC3)c(Cl)c2)C1. The van der Waals surface area contributed by atoms with E-state index in [0.717, 1.165) is 63.7 Å². The molecule has 13 heteroatoms. The van der Waals surface area contributed by atoms with Crippen LogP contribution in [0, 0.1) is 23.6 Å². The second-order valence-corrected chi connectivity index (χ2v) is 16.5. The van der Waals surface area contributed by atoms with E-state index in [2.05, 4.69) is 9.62 Å². The van der Waals surface area contributed by atoms with Gasteiger partial charge < -0.3 is 10.0 Å². The molecule has 0 amide bonds. The molecule has 0 bridgehead atoms. The van der Waals surface area contributed by atoms with Gasteiger partial charge in [0.05, 0.1) is 26.4 Å². The molecule has 242 valence electrons. The van der Waals surface area contributed by atoms with Crippen molar-refractivity contribution < 1.29 is 31.1 Å². The lowest BCUT2D eigenvalue weighted by Crippen LogP contribution is -2.38. The first-order valence-electron chi connectivity index (χ1n) is 15.5. The quantitative estimate of drug-likeness (QED) is 0.324. The number of sulfonamides is 2. The number of halogens is 2. The molecule has 2 aromatic carbocycles. The molecule has 1 saturated carbocycles. The van der Waals surface area contributed by atoms with Gasteiger partial charge >= 0.3 is 5.97 Å². The molecule has 2 heterocycles. The van der Waals surface area contributed by atoms with Gasteiger partial charge in [-0.15, -0.1) is 0 Å². The van der Waals surface area contributed by atoms with Crippen LogP contribution in [0.3, 0.4) is 0 Å². The Morgan fingerprint density at radius 1 is 0.864 bits per heavy atom. The molecule has 9 nitrogen and oxygen atoms in total. The number of anilines is 1. The van der Waals surface area contributed by atoms with Gasteiger partial charge in [0.1, 0.15) is 5.82 Å². The van der Waals surface area contributed by atoms with Gasteiger partial charge in [-0.2, -0.15) is 4.31 Å². The predicted molar refractivity (Wildman–Crippen MR) is 167 cm³/mol. The third-order valence-corrected chi connectivity index (χ3v) is 13.3. The van der Waals surface area contributed by atoms with Crippen molar-refractivity contribution in [3.63, 3.8) is 0 Å². The number of hydrogen-bond donors (Lipinski definition) is 2. The molecule has 5 rings (SSSR count). The second-order valence-electron chi connectivity index (χ2n) is 12.4. The summed E-state index contributed by atoms with van der Waals surface area (Å²) in [6.07, 6.45) is 8.29. The number of benzene rings is 2. The fourth-order valence-electron chi connectivity index (χ4n) is 6.86.